The summed E-state index contributed by atoms with van der Waals surface area (Å²) in [6.07, 6.45) is 12.6. The SMILES string of the molecule is C=C/C=C\N=C1/CCCCC1NCc1ccc(CC)cc1CC. The number of benzene rings is 1. The second-order valence-electron chi connectivity index (χ2n) is 6.19. The highest BCUT2D eigenvalue weighted by atomic mass is 14.9. The molecule has 1 atom stereocenters. The summed E-state index contributed by atoms with van der Waals surface area (Å²) in [5, 5.41) is 3.74. The van der Waals surface area contributed by atoms with Crippen LogP contribution in [0.1, 0.15) is 56.2 Å². The van der Waals surface area contributed by atoms with Crippen molar-refractivity contribution in [3.05, 3.63) is 59.8 Å². The van der Waals surface area contributed by atoms with Gasteiger partial charge in [0.05, 0.1) is 0 Å². The van der Waals surface area contributed by atoms with E-state index in [0.29, 0.717) is 6.04 Å². The van der Waals surface area contributed by atoms with E-state index in [2.05, 4.69) is 48.9 Å². The predicted octanol–water partition coefficient (Wildman–Crippen LogP) is 4.98. The van der Waals surface area contributed by atoms with Gasteiger partial charge in [0.15, 0.2) is 0 Å². The van der Waals surface area contributed by atoms with Crippen LogP contribution < -0.4 is 5.32 Å². The second kappa shape index (κ2) is 9.46. The van der Waals surface area contributed by atoms with Gasteiger partial charge in [-0.2, -0.15) is 0 Å². The number of nitrogens with one attached hydrogen (secondary N) is 1. The molecular formula is C21H30N2. The van der Waals surface area contributed by atoms with Crippen molar-refractivity contribution in [2.45, 2.75) is 65.0 Å². The molecular weight excluding hydrogens is 280 g/mol. The fraction of sp³-hybridized carbons (Fsp3) is 0.476. The number of hydrogen-bond donors (Lipinski definition) is 1. The minimum Gasteiger partial charge on any atom is -0.305 e. The van der Waals surface area contributed by atoms with Gasteiger partial charge in [-0.3, -0.25) is 4.99 Å². The number of aliphatic imine (C=N–C) groups is 1. The minimum atomic E-state index is 0.411. The number of rotatable bonds is 7. The van der Waals surface area contributed by atoms with Crippen molar-refractivity contribution >= 4 is 5.71 Å². The van der Waals surface area contributed by atoms with Gasteiger partial charge in [-0.15, -0.1) is 0 Å². The maximum atomic E-state index is 4.64. The molecule has 1 aromatic carbocycles. The molecule has 0 bridgehead atoms. The topological polar surface area (TPSA) is 24.4 Å². The molecule has 2 nitrogen and oxygen atoms in total. The zero-order valence-electron chi connectivity index (χ0n) is 14.6. The van der Waals surface area contributed by atoms with Gasteiger partial charge in [0.1, 0.15) is 0 Å². The molecule has 0 spiro atoms. The molecule has 1 N–H and O–H groups in total. The van der Waals surface area contributed by atoms with Gasteiger partial charge in [0.25, 0.3) is 0 Å². The Hall–Kier alpha value is -1.67. The van der Waals surface area contributed by atoms with E-state index in [9.17, 15) is 0 Å². The Morgan fingerprint density at radius 3 is 2.83 bits per heavy atom. The number of allylic oxidation sites excluding steroid dienone is 2. The molecule has 2 rings (SSSR count). The lowest BCUT2D eigenvalue weighted by Crippen LogP contribution is -2.38. The molecule has 1 fully saturated rings. The van der Waals surface area contributed by atoms with E-state index in [1.54, 1.807) is 6.08 Å². The van der Waals surface area contributed by atoms with Gasteiger partial charge in [-0.1, -0.05) is 51.1 Å². The summed E-state index contributed by atoms with van der Waals surface area (Å²) in [5.74, 6) is 0. The highest BCUT2D eigenvalue weighted by molar-refractivity contribution is 5.90. The summed E-state index contributed by atoms with van der Waals surface area (Å²) >= 11 is 0. The van der Waals surface area contributed by atoms with Gasteiger partial charge in [-0.25, -0.2) is 0 Å². The third-order valence-corrected chi connectivity index (χ3v) is 4.64. The summed E-state index contributed by atoms with van der Waals surface area (Å²) in [7, 11) is 0. The standard InChI is InChI=1S/C21H30N2/c1-4-7-14-22-20-10-8-9-11-21(20)23-16-19-13-12-17(5-2)15-18(19)6-3/h4,7,12-15,21,23H,1,5-6,8-11,16H2,2-3H3/b14-7-,22-20+. The summed E-state index contributed by atoms with van der Waals surface area (Å²) in [6.45, 7) is 9.09. The first-order valence-corrected chi connectivity index (χ1v) is 8.96. The molecule has 124 valence electrons. The van der Waals surface area contributed by atoms with E-state index in [1.807, 2.05) is 12.3 Å². The van der Waals surface area contributed by atoms with Crippen molar-refractivity contribution in [2.24, 2.45) is 4.99 Å². The van der Waals surface area contributed by atoms with E-state index >= 15 is 0 Å². The fourth-order valence-corrected chi connectivity index (χ4v) is 3.20. The first kappa shape index (κ1) is 17.7. The zero-order chi connectivity index (χ0) is 16.5. The minimum absolute atomic E-state index is 0.411. The lowest BCUT2D eigenvalue weighted by atomic mass is 9.92. The average Bonchev–Trinajstić information content (AvgIpc) is 2.61. The molecule has 0 radical (unpaired) electrons. The van der Waals surface area contributed by atoms with Gasteiger partial charge >= 0.3 is 0 Å². The maximum Gasteiger partial charge on any atom is 0.0457 e. The Morgan fingerprint density at radius 2 is 2.09 bits per heavy atom. The summed E-state index contributed by atoms with van der Waals surface area (Å²) in [4.78, 5) is 4.64. The Bertz CT molecular complexity index is 569. The molecule has 23 heavy (non-hydrogen) atoms. The lowest BCUT2D eigenvalue weighted by Gasteiger charge is -2.25. The van der Waals surface area contributed by atoms with Gasteiger partial charge < -0.3 is 5.32 Å². The molecule has 1 aromatic rings. The van der Waals surface area contributed by atoms with Crippen LogP contribution in [-0.2, 0) is 19.4 Å². The van der Waals surface area contributed by atoms with Gasteiger partial charge in [0.2, 0.25) is 0 Å². The largest absolute Gasteiger partial charge is 0.305 e. The monoisotopic (exact) mass is 310 g/mol. The molecule has 0 amide bonds. The molecule has 1 aliphatic rings. The normalized spacial score (nSPS) is 20.3. The molecule has 2 heteroatoms. The third kappa shape index (κ3) is 5.18. The number of hydrogen-bond acceptors (Lipinski definition) is 2. The van der Waals surface area contributed by atoms with Crippen molar-refractivity contribution in [2.75, 3.05) is 0 Å². The third-order valence-electron chi connectivity index (χ3n) is 4.64. The molecule has 0 saturated heterocycles. The van der Waals surface area contributed by atoms with Crippen LogP contribution >= 0.6 is 0 Å². The Kier molecular flexibility index (Phi) is 7.28. The van der Waals surface area contributed by atoms with Crippen molar-refractivity contribution in [1.82, 2.24) is 5.32 Å². The van der Waals surface area contributed by atoms with Crippen molar-refractivity contribution < 1.29 is 0 Å². The molecule has 1 unspecified atom stereocenters. The Balaban J connectivity index is 2.04. The van der Waals surface area contributed by atoms with Crippen LogP contribution in [0, 0.1) is 0 Å². The van der Waals surface area contributed by atoms with Crippen LogP contribution in [0.4, 0.5) is 0 Å². The summed E-state index contributed by atoms with van der Waals surface area (Å²) in [5.41, 5.74) is 5.62. The van der Waals surface area contributed by atoms with Gasteiger partial charge in [-0.05, 0) is 54.9 Å². The lowest BCUT2D eigenvalue weighted by molar-refractivity contribution is 0.512. The zero-order valence-corrected chi connectivity index (χ0v) is 14.6. The smallest absolute Gasteiger partial charge is 0.0457 e. The Morgan fingerprint density at radius 1 is 1.22 bits per heavy atom. The van der Waals surface area contributed by atoms with Crippen LogP contribution in [0.5, 0.6) is 0 Å². The first-order valence-electron chi connectivity index (χ1n) is 8.96. The fourth-order valence-electron chi connectivity index (χ4n) is 3.20. The van der Waals surface area contributed by atoms with Crippen LogP contribution in [0.15, 0.2) is 48.1 Å². The summed E-state index contributed by atoms with van der Waals surface area (Å²) < 4.78 is 0. The van der Waals surface area contributed by atoms with Crippen LogP contribution in [-0.4, -0.2) is 11.8 Å². The van der Waals surface area contributed by atoms with Crippen molar-refractivity contribution in [3.63, 3.8) is 0 Å². The molecule has 0 aliphatic heterocycles. The van der Waals surface area contributed by atoms with E-state index in [-0.39, 0.29) is 0 Å². The maximum absolute atomic E-state index is 4.64. The number of aryl methyl sites for hydroxylation is 2. The van der Waals surface area contributed by atoms with Crippen LogP contribution in [0.2, 0.25) is 0 Å². The molecule has 0 heterocycles. The van der Waals surface area contributed by atoms with E-state index in [0.717, 1.165) is 25.8 Å². The van der Waals surface area contributed by atoms with Crippen molar-refractivity contribution in [1.29, 1.82) is 0 Å². The second-order valence-corrected chi connectivity index (χ2v) is 6.19. The Labute approximate surface area is 141 Å². The predicted molar refractivity (Wildman–Crippen MR) is 101 cm³/mol. The first-order chi connectivity index (χ1) is 11.3. The van der Waals surface area contributed by atoms with Crippen LogP contribution in [0.25, 0.3) is 0 Å². The highest BCUT2D eigenvalue weighted by Crippen LogP contribution is 2.18. The van der Waals surface area contributed by atoms with E-state index in [1.165, 1.54) is 41.7 Å². The molecule has 1 saturated carbocycles. The quantitative estimate of drug-likeness (QED) is 0.705. The van der Waals surface area contributed by atoms with E-state index in [4.69, 9.17) is 0 Å². The summed E-state index contributed by atoms with van der Waals surface area (Å²) in [6, 6.07) is 7.33. The number of nitrogens with zero attached hydrogens (tertiary/aromatic N) is 1. The van der Waals surface area contributed by atoms with E-state index < -0.39 is 0 Å². The van der Waals surface area contributed by atoms with Gasteiger partial charge in [0, 0.05) is 24.5 Å². The van der Waals surface area contributed by atoms with Crippen LogP contribution in [0.3, 0.4) is 0 Å². The van der Waals surface area contributed by atoms with Crippen molar-refractivity contribution in [3.8, 4) is 0 Å². The molecule has 0 aromatic heterocycles. The highest BCUT2D eigenvalue weighted by Gasteiger charge is 2.19. The average molecular weight is 310 g/mol. The molecule has 1 aliphatic carbocycles.